The van der Waals surface area contributed by atoms with Crippen LogP contribution in [0.2, 0.25) is 0 Å². The Balaban J connectivity index is 2.88. The number of nitrogens with zero attached hydrogens (tertiary/aromatic N) is 1. The van der Waals surface area contributed by atoms with E-state index in [1.54, 1.807) is 18.2 Å². The molecule has 100 valence electrons. The van der Waals surface area contributed by atoms with E-state index < -0.39 is 10.0 Å². The van der Waals surface area contributed by atoms with Crippen LogP contribution in [-0.4, -0.2) is 14.3 Å². The number of rotatable bonds is 6. The molecule has 0 unspecified atom stereocenters. The highest BCUT2D eigenvalue weighted by molar-refractivity contribution is 9.10. The van der Waals surface area contributed by atoms with Crippen molar-refractivity contribution in [3.63, 3.8) is 0 Å². The predicted octanol–water partition coefficient (Wildman–Crippen LogP) is 3.08. The number of nitrogens with two attached hydrogens (primary N) is 1. The second-order valence-corrected chi connectivity index (χ2v) is 6.37. The first-order chi connectivity index (χ1) is 8.47. The lowest BCUT2D eigenvalue weighted by atomic mass is 10.2. The Morgan fingerprint density at radius 1 is 1.33 bits per heavy atom. The molecule has 0 bridgehead atoms. The summed E-state index contributed by atoms with van der Waals surface area (Å²) in [5, 5.41) is 0. The fraction of sp³-hybridized carbons (Fsp3) is 0.417. The maximum atomic E-state index is 12.0. The van der Waals surface area contributed by atoms with Crippen molar-refractivity contribution in [1.82, 2.24) is 0 Å². The molecule has 0 spiro atoms. The molecule has 18 heavy (non-hydrogen) atoms. The minimum atomic E-state index is -3.71. The fourth-order valence-electron chi connectivity index (χ4n) is 1.46. The lowest BCUT2D eigenvalue weighted by Crippen LogP contribution is -2.14. The molecule has 0 aliphatic heterocycles. The number of halogens is 1. The second-order valence-electron chi connectivity index (χ2n) is 3.95. The van der Waals surface area contributed by atoms with Crippen LogP contribution in [0.3, 0.4) is 0 Å². The average molecular weight is 333 g/mol. The zero-order valence-corrected chi connectivity index (χ0v) is 12.7. The monoisotopic (exact) mass is 332 g/mol. The van der Waals surface area contributed by atoms with E-state index in [4.69, 9.17) is 5.73 Å². The van der Waals surface area contributed by atoms with Gasteiger partial charge < -0.3 is 5.73 Å². The van der Waals surface area contributed by atoms with Crippen LogP contribution in [0.15, 0.2) is 38.0 Å². The molecule has 1 rings (SSSR count). The fourth-order valence-corrected chi connectivity index (χ4v) is 3.42. The minimum Gasteiger partial charge on any atom is -0.386 e. The molecular formula is C12H17BrN2O2S. The average Bonchev–Trinajstić information content (AvgIpc) is 2.29. The lowest BCUT2D eigenvalue weighted by Gasteiger charge is -2.03. The van der Waals surface area contributed by atoms with Crippen LogP contribution in [0.5, 0.6) is 0 Å². The third kappa shape index (κ3) is 4.42. The van der Waals surface area contributed by atoms with Crippen LogP contribution in [0.1, 0.15) is 32.6 Å². The lowest BCUT2D eigenvalue weighted by molar-refractivity contribution is 0.597. The summed E-state index contributed by atoms with van der Waals surface area (Å²) in [7, 11) is -3.71. The van der Waals surface area contributed by atoms with Crippen LogP contribution in [0.25, 0.3) is 0 Å². The normalized spacial score (nSPS) is 12.7. The quantitative estimate of drug-likeness (QED) is 0.494. The Bertz CT molecular complexity index is 527. The minimum absolute atomic E-state index is 0.142. The van der Waals surface area contributed by atoms with Crippen molar-refractivity contribution in [2.24, 2.45) is 10.1 Å². The first-order valence-corrected chi connectivity index (χ1v) is 8.04. The van der Waals surface area contributed by atoms with E-state index in [9.17, 15) is 8.42 Å². The van der Waals surface area contributed by atoms with Crippen LogP contribution in [0, 0.1) is 0 Å². The maximum Gasteiger partial charge on any atom is 0.285 e. The summed E-state index contributed by atoms with van der Waals surface area (Å²) in [5.74, 6) is 0.166. The van der Waals surface area contributed by atoms with E-state index in [1.165, 1.54) is 6.07 Å². The van der Waals surface area contributed by atoms with Gasteiger partial charge in [-0.05, 0) is 34.5 Å². The van der Waals surface area contributed by atoms with E-state index in [-0.39, 0.29) is 10.7 Å². The van der Waals surface area contributed by atoms with E-state index in [2.05, 4.69) is 27.3 Å². The van der Waals surface area contributed by atoms with Crippen molar-refractivity contribution in [3.05, 3.63) is 28.7 Å². The Morgan fingerprint density at radius 3 is 2.61 bits per heavy atom. The van der Waals surface area contributed by atoms with Gasteiger partial charge in [-0.25, -0.2) is 0 Å². The topological polar surface area (TPSA) is 72.5 Å². The Kier molecular flexibility index (Phi) is 5.81. The molecule has 4 nitrogen and oxygen atoms in total. The molecule has 0 saturated carbocycles. The Labute approximate surface area is 116 Å². The van der Waals surface area contributed by atoms with Gasteiger partial charge in [0, 0.05) is 10.9 Å². The van der Waals surface area contributed by atoms with Gasteiger partial charge in [-0.15, -0.1) is 4.40 Å². The van der Waals surface area contributed by atoms with E-state index in [0.717, 1.165) is 19.3 Å². The van der Waals surface area contributed by atoms with Crippen molar-refractivity contribution in [3.8, 4) is 0 Å². The number of hydrogen-bond donors (Lipinski definition) is 1. The molecule has 0 radical (unpaired) electrons. The predicted molar refractivity (Wildman–Crippen MR) is 77.1 cm³/mol. The van der Waals surface area contributed by atoms with Crippen LogP contribution in [-0.2, 0) is 10.0 Å². The van der Waals surface area contributed by atoms with E-state index in [0.29, 0.717) is 10.9 Å². The van der Waals surface area contributed by atoms with Gasteiger partial charge in [0.15, 0.2) is 0 Å². The number of hydrogen-bond acceptors (Lipinski definition) is 2. The van der Waals surface area contributed by atoms with Gasteiger partial charge in [-0.3, -0.25) is 0 Å². The zero-order valence-electron chi connectivity index (χ0n) is 10.3. The van der Waals surface area contributed by atoms with Gasteiger partial charge in [-0.1, -0.05) is 31.9 Å². The molecule has 0 saturated heterocycles. The van der Waals surface area contributed by atoms with E-state index in [1.807, 2.05) is 0 Å². The number of amidine groups is 1. The molecule has 0 amide bonds. The SMILES string of the molecule is CCCCC/C(N)=N/S(=O)(=O)c1ccccc1Br. The molecule has 0 fully saturated rings. The molecule has 2 N–H and O–H groups in total. The highest BCUT2D eigenvalue weighted by atomic mass is 79.9. The molecular weight excluding hydrogens is 316 g/mol. The summed E-state index contributed by atoms with van der Waals surface area (Å²) < 4.78 is 28.1. The summed E-state index contributed by atoms with van der Waals surface area (Å²) in [6, 6.07) is 6.57. The van der Waals surface area contributed by atoms with Gasteiger partial charge in [-0.2, -0.15) is 8.42 Å². The largest absolute Gasteiger partial charge is 0.386 e. The van der Waals surface area contributed by atoms with Gasteiger partial charge in [0.25, 0.3) is 10.0 Å². The molecule has 0 heterocycles. The van der Waals surface area contributed by atoms with Crippen LogP contribution < -0.4 is 5.73 Å². The molecule has 0 atom stereocenters. The first kappa shape index (κ1) is 15.2. The number of sulfonamides is 1. The zero-order chi connectivity index (χ0) is 13.6. The molecule has 0 aromatic heterocycles. The standard InChI is InChI=1S/C12H17BrN2O2S/c1-2-3-4-9-12(14)15-18(16,17)11-8-6-5-7-10(11)13/h5-8H,2-4,9H2,1H3,(H2,14,15). The Morgan fingerprint density at radius 2 is 2.00 bits per heavy atom. The first-order valence-electron chi connectivity index (χ1n) is 5.81. The van der Waals surface area contributed by atoms with Crippen molar-refractivity contribution in [1.29, 1.82) is 0 Å². The van der Waals surface area contributed by atoms with Crippen LogP contribution in [0.4, 0.5) is 0 Å². The second kappa shape index (κ2) is 6.89. The molecule has 1 aromatic carbocycles. The summed E-state index contributed by atoms with van der Waals surface area (Å²) in [5.41, 5.74) is 5.64. The third-order valence-electron chi connectivity index (χ3n) is 2.39. The smallest absolute Gasteiger partial charge is 0.285 e. The van der Waals surface area contributed by atoms with Gasteiger partial charge in [0.05, 0.1) is 0 Å². The Hall–Kier alpha value is -0.880. The third-order valence-corrected chi connectivity index (χ3v) is 4.73. The molecule has 6 heteroatoms. The van der Waals surface area contributed by atoms with Gasteiger partial charge in [0.1, 0.15) is 10.7 Å². The van der Waals surface area contributed by atoms with Crippen molar-refractivity contribution >= 4 is 31.8 Å². The summed E-state index contributed by atoms with van der Waals surface area (Å²) in [6.45, 7) is 2.07. The van der Waals surface area contributed by atoms with Gasteiger partial charge >= 0.3 is 0 Å². The molecule has 0 aliphatic rings. The summed E-state index contributed by atoms with van der Waals surface area (Å²) in [6.07, 6.45) is 3.45. The molecule has 1 aromatic rings. The summed E-state index contributed by atoms with van der Waals surface area (Å²) >= 11 is 3.20. The van der Waals surface area contributed by atoms with E-state index >= 15 is 0 Å². The maximum absolute atomic E-state index is 12.0. The van der Waals surface area contributed by atoms with Crippen molar-refractivity contribution in [2.75, 3.05) is 0 Å². The number of unbranched alkanes of at least 4 members (excludes halogenated alkanes) is 2. The van der Waals surface area contributed by atoms with Crippen molar-refractivity contribution in [2.45, 2.75) is 37.5 Å². The highest BCUT2D eigenvalue weighted by Crippen LogP contribution is 2.23. The number of benzene rings is 1. The summed E-state index contributed by atoms with van der Waals surface area (Å²) in [4.78, 5) is 0.142. The van der Waals surface area contributed by atoms with Crippen LogP contribution >= 0.6 is 15.9 Å². The van der Waals surface area contributed by atoms with Crippen molar-refractivity contribution < 1.29 is 8.42 Å². The van der Waals surface area contributed by atoms with Gasteiger partial charge in [0.2, 0.25) is 0 Å². The highest BCUT2D eigenvalue weighted by Gasteiger charge is 2.16. The molecule has 0 aliphatic carbocycles.